The van der Waals surface area contributed by atoms with Crippen LogP contribution in [0.1, 0.15) is 18.6 Å². The topological polar surface area (TPSA) is 70.2 Å². The fraction of sp³-hybridized carbons (Fsp3) is 0.471. The van der Waals surface area contributed by atoms with Crippen LogP contribution in [0.3, 0.4) is 0 Å². The smallest absolute Gasteiger partial charge is 0.327 e. The third kappa shape index (κ3) is 3.26. The first-order valence-electron chi connectivity index (χ1n) is 7.99. The maximum atomic E-state index is 12.6. The number of amides is 4. The molecule has 0 unspecified atom stereocenters. The standard InChI is InChI=1S/C17H21N3O4/c1-12-8-19(9-14(24-12)13-6-4-3-5-7-13)15(21)11-20-16(22)10-18(2)17(20)23/h3-7,12,14H,8-11H2,1-2H3/t12-,14+/m0/s1. The Labute approximate surface area is 140 Å². The Hall–Kier alpha value is -2.41. The Balaban J connectivity index is 1.68. The predicted molar refractivity (Wildman–Crippen MR) is 86.0 cm³/mol. The highest BCUT2D eigenvalue weighted by Gasteiger charge is 2.37. The fourth-order valence-corrected chi connectivity index (χ4v) is 3.07. The summed E-state index contributed by atoms with van der Waals surface area (Å²) in [6.45, 7) is 2.59. The molecule has 4 amide bonds. The number of nitrogens with zero attached hydrogens (tertiary/aromatic N) is 3. The second-order valence-corrected chi connectivity index (χ2v) is 6.26. The molecule has 1 aromatic rings. The van der Waals surface area contributed by atoms with Crippen LogP contribution in [-0.2, 0) is 14.3 Å². The van der Waals surface area contributed by atoms with Gasteiger partial charge in [0.25, 0.3) is 5.91 Å². The van der Waals surface area contributed by atoms with Crippen LogP contribution in [0.2, 0.25) is 0 Å². The second kappa shape index (κ2) is 6.60. The molecule has 2 atom stereocenters. The van der Waals surface area contributed by atoms with Crippen LogP contribution in [0.4, 0.5) is 4.79 Å². The van der Waals surface area contributed by atoms with Gasteiger partial charge in [-0.2, -0.15) is 0 Å². The Morgan fingerprint density at radius 2 is 1.92 bits per heavy atom. The zero-order chi connectivity index (χ0) is 17.3. The van der Waals surface area contributed by atoms with Gasteiger partial charge in [0.1, 0.15) is 19.2 Å². The molecule has 1 aromatic carbocycles. The van der Waals surface area contributed by atoms with E-state index in [0.717, 1.165) is 10.5 Å². The van der Waals surface area contributed by atoms with Crippen molar-refractivity contribution in [2.75, 3.05) is 33.2 Å². The average Bonchev–Trinajstić information content (AvgIpc) is 2.81. The predicted octanol–water partition coefficient (Wildman–Crippen LogP) is 0.869. The minimum Gasteiger partial charge on any atom is -0.367 e. The van der Waals surface area contributed by atoms with Gasteiger partial charge in [0, 0.05) is 13.6 Å². The van der Waals surface area contributed by atoms with E-state index in [0.29, 0.717) is 13.1 Å². The number of benzene rings is 1. The van der Waals surface area contributed by atoms with E-state index in [9.17, 15) is 14.4 Å². The number of hydrogen-bond acceptors (Lipinski definition) is 4. The van der Waals surface area contributed by atoms with Crippen LogP contribution in [0.15, 0.2) is 30.3 Å². The van der Waals surface area contributed by atoms with Crippen LogP contribution in [0.25, 0.3) is 0 Å². The molecule has 0 bridgehead atoms. The van der Waals surface area contributed by atoms with Gasteiger partial charge in [0.2, 0.25) is 5.91 Å². The summed E-state index contributed by atoms with van der Waals surface area (Å²) in [6, 6.07) is 9.30. The van der Waals surface area contributed by atoms with Crippen LogP contribution in [-0.4, -0.2) is 71.9 Å². The Morgan fingerprint density at radius 1 is 1.21 bits per heavy atom. The molecular weight excluding hydrogens is 310 g/mol. The second-order valence-electron chi connectivity index (χ2n) is 6.26. The Kier molecular flexibility index (Phi) is 4.53. The number of carbonyl (C=O) groups excluding carboxylic acids is 3. The third-order valence-electron chi connectivity index (χ3n) is 4.31. The monoisotopic (exact) mass is 331 g/mol. The first-order chi connectivity index (χ1) is 11.5. The van der Waals surface area contributed by atoms with Gasteiger partial charge in [-0.25, -0.2) is 4.79 Å². The molecule has 0 radical (unpaired) electrons. The molecule has 2 aliphatic rings. The number of imide groups is 1. The summed E-state index contributed by atoms with van der Waals surface area (Å²) in [5.74, 6) is -0.570. The van der Waals surface area contributed by atoms with E-state index in [1.54, 1.807) is 11.9 Å². The SMILES string of the molecule is C[C@H]1CN(C(=O)CN2C(=O)CN(C)C2=O)C[C@H](c2ccccc2)O1. The number of likely N-dealkylation sites (N-methyl/N-ethyl adjacent to an activating group) is 1. The number of carbonyl (C=O) groups is 3. The maximum Gasteiger partial charge on any atom is 0.327 e. The van der Waals surface area contributed by atoms with Gasteiger partial charge in [-0.1, -0.05) is 30.3 Å². The van der Waals surface area contributed by atoms with Crippen LogP contribution >= 0.6 is 0 Å². The molecule has 128 valence electrons. The summed E-state index contributed by atoms with van der Waals surface area (Å²) < 4.78 is 5.93. The molecule has 7 nitrogen and oxygen atoms in total. The van der Waals surface area contributed by atoms with Crippen LogP contribution in [0, 0.1) is 0 Å². The summed E-state index contributed by atoms with van der Waals surface area (Å²) in [5.41, 5.74) is 1.01. The lowest BCUT2D eigenvalue weighted by molar-refractivity contribution is -0.147. The van der Waals surface area contributed by atoms with Crippen molar-refractivity contribution in [3.8, 4) is 0 Å². The van der Waals surface area contributed by atoms with Crippen molar-refractivity contribution in [2.24, 2.45) is 0 Å². The van der Waals surface area contributed by atoms with Gasteiger partial charge in [-0.3, -0.25) is 14.5 Å². The zero-order valence-electron chi connectivity index (χ0n) is 13.8. The van der Waals surface area contributed by atoms with E-state index in [4.69, 9.17) is 4.74 Å². The first kappa shape index (κ1) is 16.4. The summed E-state index contributed by atoms with van der Waals surface area (Å²) >= 11 is 0. The number of morpholine rings is 1. The average molecular weight is 331 g/mol. The van der Waals surface area contributed by atoms with Gasteiger partial charge in [-0.05, 0) is 12.5 Å². The Bertz CT molecular complexity index is 648. The van der Waals surface area contributed by atoms with Gasteiger partial charge in [0.15, 0.2) is 0 Å². The van der Waals surface area contributed by atoms with Gasteiger partial charge in [0.05, 0.1) is 12.6 Å². The molecule has 0 aromatic heterocycles. The number of hydrogen-bond donors (Lipinski definition) is 0. The third-order valence-corrected chi connectivity index (χ3v) is 4.31. The molecule has 0 saturated carbocycles. The molecule has 2 fully saturated rings. The molecule has 0 N–H and O–H groups in total. The summed E-state index contributed by atoms with van der Waals surface area (Å²) in [7, 11) is 1.55. The van der Waals surface area contributed by atoms with Crippen molar-refractivity contribution in [1.29, 1.82) is 0 Å². The Morgan fingerprint density at radius 3 is 2.54 bits per heavy atom. The molecule has 0 aliphatic carbocycles. The summed E-state index contributed by atoms with van der Waals surface area (Å²) in [4.78, 5) is 40.3. The largest absolute Gasteiger partial charge is 0.367 e. The first-order valence-corrected chi connectivity index (χ1v) is 7.99. The molecule has 2 aliphatic heterocycles. The fourth-order valence-electron chi connectivity index (χ4n) is 3.07. The molecule has 7 heteroatoms. The van der Waals surface area contributed by atoms with E-state index in [1.165, 1.54) is 4.90 Å². The number of ether oxygens (including phenoxy) is 1. The maximum absolute atomic E-state index is 12.6. The number of urea groups is 1. The van der Waals surface area contributed by atoms with E-state index in [2.05, 4.69) is 0 Å². The number of rotatable bonds is 3. The lowest BCUT2D eigenvalue weighted by atomic mass is 10.1. The lowest BCUT2D eigenvalue weighted by Gasteiger charge is -2.37. The van der Waals surface area contributed by atoms with E-state index >= 15 is 0 Å². The van der Waals surface area contributed by atoms with E-state index < -0.39 is 6.03 Å². The van der Waals surface area contributed by atoms with Gasteiger partial charge in [-0.15, -0.1) is 0 Å². The molecule has 3 rings (SSSR count). The molecule has 2 heterocycles. The normalized spacial score (nSPS) is 24.7. The summed E-state index contributed by atoms with van der Waals surface area (Å²) in [6.07, 6.45) is -0.313. The van der Waals surface area contributed by atoms with E-state index in [1.807, 2.05) is 37.3 Å². The van der Waals surface area contributed by atoms with E-state index in [-0.39, 0.29) is 37.1 Å². The molecule has 24 heavy (non-hydrogen) atoms. The van der Waals surface area contributed by atoms with Gasteiger partial charge >= 0.3 is 6.03 Å². The van der Waals surface area contributed by atoms with Crippen molar-refractivity contribution in [3.05, 3.63) is 35.9 Å². The zero-order valence-corrected chi connectivity index (χ0v) is 13.8. The highest BCUT2D eigenvalue weighted by molar-refractivity contribution is 6.04. The molecule has 2 saturated heterocycles. The minimum absolute atomic E-state index is 0.0261. The quantitative estimate of drug-likeness (QED) is 0.771. The van der Waals surface area contributed by atoms with Gasteiger partial charge < -0.3 is 14.5 Å². The molecule has 0 spiro atoms. The van der Waals surface area contributed by atoms with Crippen molar-refractivity contribution < 1.29 is 19.1 Å². The van der Waals surface area contributed by atoms with Crippen molar-refractivity contribution >= 4 is 17.8 Å². The minimum atomic E-state index is -0.422. The summed E-state index contributed by atoms with van der Waals surface area (Å²) in [5, 5.41) is 0. The van der Waals surface area contributed by atoms with Crippen LogP contribution < -0.4 is 0 Å². The molecular formula is C17H21N3O4. The van der Waals surface area contributed by atoms with Crippen molar-refractivity contribution in [2.45, 2.75) is 19.1 Å². The lowest BCUT2D eigenvalue weighted by Crippen LogP contribution is -2.50. The highest BCUT2D eigenvalue weighted by Crippen LogP contribution is 2.25. The van der Waals surface area contributed by atoms with Crippen molar-refractivity contribution in [3.63, 3.8) is 0 Å². The van der Waals surface area contributed by atoms with Crippen LogP contribution in [0.5, 0.6) is 0 Å². The van der Waals surface area contributed by atoms with Crippen molar-refractivity contribution in [1.82, 2.24) is 14.7 Å². The highest BCUT2D eigenvalue weighted by atomic mass is 16.5.